The van der Waals surface area contributed by atoms with Gasteiger partial charge >= 0.3 is 0 Å². The third-order valence-electron chi connectivity index (χ3n) is 3.69. The van der Waals surface area contributed by atoms with Gasteiger partial charge in [-0.25, -0.2) is 0 Å². The third kappa shape index (κ3) is 4.16. The minimum atomic E-state index is 0.0750. The molecule has 1 aliphatic heterocycles. The summed E-state index contributed by atoms with van der Waals surface area (Å²) in [5, 5.41) is 3.84. The second-order valence-corrected chi connectivity index (χ2v) is 8.27. The molecule has 0 aromatic carbocycles. The minimum absolute atomic E-state index is 0.0750. The Morgan fingerprint density at radius 3 is 1.65 bits per heavy atom. The molecule has 0 spiro atoms. The van der Waals surface area contributed by atoms with Crippen LogP contribution >= 0.6 is 34.4 Å². The molecule has 0 N–H and O–H groups in total. The molecule has 1 saturated heterocycles. The maximum Gasteiger partial charge on any atom is 0.264 e. The second-order valence-electron chi connectivity index (χ2n) is 5.15. The van der Waals surface area contributed by atoms with Crippen LogP contribution in [0, 0.1) is 0 Å². The molecular weight excluding hydrogens is 348 g/mol. The van der Waals surface area contributed by atoms with Crippen molar-refractivity contribution in [1.29, 1.82) is 0 Å². The van der Waals surface area contributed by atoms with Crippen LogP contribution in [-0.4, -0.2) is 59.3 Å². The lowest BCUT2D eigenvalue weighted by molar-refractivity contribution is 0.0684. The van der Waals surface area contributed by atoms with E-state index in [1.54, 1.807) is 11.8 Å². The highest BCUT2D eigenvalue weighted by Crippen LogP contribution is 2.16. The minimum Gasteiger partial charge on any atom is -0.335 e. The lowest BCUT2D eigenvalue weighted by Gasteiger charge is -2.25. The van der Waals surface area contributed by atoms with Gasteiger partial charge in [0.1, 0.15) is 0 Å². The predicted molar refractivity (Wildman–Crippen MR) is 97.8 cm³/mol. The second kappa shape index (κ2) is 7.99. The molecule has 2 aromatic rings. The molecule has 0 radical (unpaired) electrons. The molecule has 3 heterocycles. The summed E-state index contributed by atoms with van der Waals surface area (Å²) in [6.45, 7) is 2.66. The number of amides is 2. The number of thioether (sulfide) groups is 1. The van der Waals surface area contributed by atoms with Gasteiger partial charge in [-0.15, -0.1) is 22.7 Å². The quantitative estimate of drug-likeness (QED) is 0.820. The van der Waals surface area contributed by atoms with Crippen LogP contribution in [0.25, 0.3) is 0 Å². The summed E-state index contributed by atoms with van der Waals surface area (Å²) in [7, 11) is 0. The first-order valence-corrected chi connectivity index (χ1v) is 10.4. The SMILES string of the molecule is O=C(c1cccs1)N1CCSCCN(C(=O)c2cccs2)CC1. The number of nitrogens with zero attached hydrogens (tertiary/aromatic N) is 2. The molecular formula is C16H18N2O2S3. The van der Waals surface area contributed by atoms with Crippen molar-refractivity contribution < 1.29 is 9.59 Å². The molecule has 0 atom stereocenters. The molecule has 7 heteroatoms. The van der Waals surface area contributed by atoms with Crippen LogP contribution in [0.5, 0.6) is 0 Å². The van der Waals surface area contributed by atoms with Gasteiger partial charge in [0, 0.05) is 37.7 Å². The van der Waals surface area contributed by atoms with Gasteiger partial charge in [0.25, 0.3) is 11.8 Å². The van der Waals surface area contributed by atoms with E-state index < -0.39 is 0 Å². The van der Waals surface area contributed by atoms with Crippen LogP contribution < -0.4 is 0 Å². The summed E-state index contributed by atoms with van der Waals surface area (Å²) in [4.78, 5) is 30.4. The van der Waals surface area contributed by atoms with Crippen LogP contribution in [0.1, 0.15) is 19.3 Å². The van der Waals surface area contributed by atoms with E-state index in [-0.39, 0.29) is 11.8 Å². The Labute approximate surface area is 148 Å². The molecule has 4 nitrogen and oxygen atoms in total. The zero-order valence-corrected chi connectivity index (χ0v) is 15.1. The first kappa shape index (κ1) is 16.5. The number of carbonyl (C=O) groups is 2. The van der Waals surface area contributed by atoms with Crippen molar-refractivity contribution in [3.05, 3.63) is 44.8 Å². The van der Waals surface area contributed by atoms with Crippen molar-refractivity contribution in [2.24, 2.45) is 0 Å². The van der Waals surface area contributed by atoms with Crippen molar-refractivity contribution in [3.63, 3.8) is 0 Å². The molecule has 122 valence electrons. The van der Waals surface area contributed by atoms with Gasteiger partial charge in [-0.3, -0.25) is 9.59 Å². The summed E-state index contributed by atoms with van der Waals surface area (Å²) in [6, 6.07) is 7.52. The standard InChI is InChI=1S/C16H18N2O2S3/c19-15(13-3-1-9-22-13)17-5-6-18(8-12-21-11-7-17)16(20)14-4-2-10-23-14/h1-4,9-10H,5-8,11-12H2. The highest BCUT2D eigenvalue weighted by Gasteiger charge is 2.22. The Kier molecular flexibility index (Phi) is 5.75. The molecule has 2 aromatic heterocycles. The van der Waals surface area contributed by atoms with Crippen LogP contribution in [0.4, 0.5) is 0 Å². The van der Waals surface area contributed by atoms with E-state index in [4.69, 9.17) is 0 Å². The fourth-order valence-electron chi connectivity index (χ4n) is 2.43. The molecule has 0 aliphatic carbocycles. The maximum atomic E-state index is 12.6. The number of rotatable bonds is 2. The third-order valence-corrected chi connectivity index (χ3v) is 6.35. The Balaban J connectivity index is 1.69. The molecule has 1 aliphatic rings. The van der Waals surface area contributed by atoms with Crippen molar-refractivity contribution in [1.82, 2.24) is 9.80 Å². The summed E-state index contributed by atoms with van der Waals surface area (Å²) in [5.41, 5.74) is 0. The Morgan fingerprint density at radius 2 is 1.26 bits per heavy atom. The van der Waals surface area contributed by atoms with E-state index >= 15 is 0 Å². The van der Waals surface area contributed by atoms with Crippen molar-refractivity contribution in [2.45, 2.75) is 0 Å². The fourth-order valence-corrected chi connectivity index (χ4v) is 4.72. The highest BCUT2D eigenvalue weighted by molar-refractivity contribution is 7.99. The summed E-state index contributed by atoms with van der Waals surface area (Å²) >= 11 is 4.74. The molecule has 23 heavy (non-hydrogen) atoms. The largest absolute Gasteiger partial charge is 0.335 e. The van der Waals surface area contributed by atoms with E-state index in [0.717, 1.165) is 34.3 Å². The smallest absolute Gasteiger partial charge is 0.264 e. The van der Waals surface area contributed by atoms with E-state index in [2.05, 4.69) is 0 Å². The molecule has 2 amide bonds. The van der Waals surface area contributed by atoms with E-state index in [1.807, 2.05) is 44.8 Å². The Bertz CT molecular complexity index is 584. The zero-order chi connectivity index (χ0) is 16.1. The van der Waals surface area contributed by atoms with Crippen molar-refractivity contribution in [3.8, 4) is 0 Å². The molecule has 1 fully saturated rings. The van der Waals surface area contributed by atoms with Crippen molar-refractivity contribution >= 4 is 46.2 Å². The molecule has 3 rings (SSSR count). The summed E-state index contributed by atoms with van der Waals surface area (Å²) < 4.78 is 0. The molecule has 0 bridgehead atoms. The number of hydrogen-bond donors (Lipinski definition) is 0. The monoisotopic (exact) mass is 366 g/mol. The molecule has 0 unspecified atom stereocenters. The van der Waals surface area contributed by atoms with Gasteiger partial charge in [0.15, 0.2) is 0 Å². The summed E-state index contributed by atoms with van der Waals surface area (Å²) in [6.07, 6.45) is 0. The zero-order valence-electron chi connectivity index (χ0n) is 12.6. The number of thiophene rings is 2. The van der Waals surface area contributed by atoms with Gasteiger partial charge < -0.3 is 9.80 Å². The van der Waals surface area contributed by atoms with Gasteiger partial charge in [-0.2, -0.15) is 11.8 Å². The predicted octanol–water partition coefficient (Wildman–Crippen LogP) is 3.14. The van der Waals surface area contributed by atoms with E-state index in [1.165, 1.54) is 22.7 Å². The normalized spacial score (nSPS) is 16.5. The average Bonchev–Trinajstić information content (AvgIpc) is 3.27. The molecule has 0 saturated carbocycles. The van der Waals surface area contributed by atoms with Gasteiger partial charge in [0.05, 0.1) is 9.75 Å². The summed E-state index contributed by atoms with van der Waals surface area (Å²) in [5.74, 6) is 1.98. The van der Waals surface area contributed by atoms with E-state index in [0.29, 0.717) is 13.1 Å². The Morgan fingerprint density at radius 1 is 0.783 bits per heavy atom. The van der Waals surface area contributed by atoms with Crippen LogP contribution in [0.3, 0.4) is 0 Å². The van der Waals surface area contributed by atoms with Crippen molar-refractivity contribution in [2.75, 3.05) is 37.7 Å². The van der Waals surface area contributed by atoms with Gasteiger partial charge in [-0.1, -0.05) is 12.1 Å². The Hall–Kier alpha value is -1.31. The van der Waals surface area contributed by atoms with Crippen LogP contribution in [0.15, 0.2) is 35.0 Å². The maximum absolute atomic E-state index is 12.6. The van der Waals surface area contributed by atoms with Crippen LogP contribution in [-0.2, 0) is 0 Å². The average molecular weight is 367 g/mol. The first-order valence-electron chi connectivity index (χ1n) is 7.49. The van der Waals surface area contributed by atoms with E-state index in [9.17, 15) is 9.59 Å². The fraction of sp³-hybridized carbons (Fsp3) is 0.375. The lowest BCUT2D eigenvalue weighted by Crippen LogP contribution is -2.41. The van der Waals surface area contributed by atoms with Gasteiger partial charge in [-0.05, 0) is 22.9 Å². The van der Waals surface area contributed by atoms with Gasteiger partial charge in [0.2, 0.25) is 0 Å². The topological polar surface area (TPSA) is 40.6 Å². The highest BCUT2D eigenvalue weighted by atomic mass is 32.2. The number of carbonyl (C=O) groups excluding carboxylic acids is 2. The van der Waals surface area contributed by atoms with Crippen LogP contribution in [0.2, 0.25) is 0 Å². The lowest BCUT2D eigenvalue weighted by atomic mass is 10.3. The number of hydrogen-bond acceptors (Lipinski definition) is 5. The first-order chi connectivity index (χ1) is 11.3.